The van der Waals surface area contributed by atoms with E-state index in [0.29, 0.717) is 0 Å². The summed E-state index contributed by atoms with van der Waals surface area (Å²) in [6, 6.07) is 4.09. The molecule has 2 amide bonds. The van der Waals surface area contributed by atoms with Crippen LogP contribution in [0.4, 0.5) is 18.9 Å². The minimum Gasteiger partial charge on any atom is -0.393 e. The molecule has 2 fully saturated rings. The first-order chi connectivity index (χ1) is 11.6. The molecule has 2 bridgehead atoms. The molecule has 3 heterocycles. The minimum atomic E-state index is -4.58. The van der Waals surface area contributed by atoms with Crippen LogP contribution in [-0.4, -0.2) is 34.7 Å². The van der Waals surface area contributed by atoms with Crippen LogP contribution in [0.15, 0.2) is 36.4 Å². The van der Waals surface area contributed by atoms with Gasteiger partial charge in [0.15, 0.2) is 0 Å². The standard InChI is InChI=1S/C17H14F3NO4/c1-15-5-6-16(8-22,25-15)12-11(15)13(23)21(14(12)24)10-4-2-3-9(7-10)17(18,19)20/h2-7,11-12,22H,8H2,1H3/t11-,12-,15+,16-/m1/s1. The van der Waals surface area contributed by atoms with Gasteiger partial charge in [-0.2, -0.15) is 13.2 Å². The van der Waals surface area contributed by atoms with E-state index in [9.17, 15) is 27.9 Å². The van der Waals surface area contributed by atoms with Crippen molar-refractivity contribution in [3.05, 3.63) is 42.0 Å². The van der Waals surface area contributed by atoms with Gasteiger partial charge in [0.05, 0.1) is 35.3 Å². The molecule has 1 aromatic rings. The molecular weight excluding hydrogens is 339 g/mol. The van der Waals surface area contributed by atoms with E-state index < -0.39 is 53.2 Å². The molecule has 2 saturated heterocycles. The summed E-state index contributed by atoms with van der Waals surface area (Å²) in [5.41, 5.74) is -3.43. The Hall–Kier alpha value is -2.19. The van der Waals surface area contributed by atoms with Gasteiger partial charge < -0.3 is 9.84 Å². The Labute approximate surface area is 140 Å². The van der Waals surface area contributed by atoms with Crippen molar-refractivity contribution in [2.75, 3.05) is 11.5 Å². The fourth-order valence-electron chi connectivity index (χ4n) is 4.12. The molecule has 5 nitrogen and oxygen atoms in total. The van der Waals surface area contributed by atoms with E-state index in [1.807, 2.05) is 0 Å². The molecule has 25 heavy (non-hydrogen) atoms. The second kappa shape index (κ2) is 4.70. The number of fused-ring (bicyclic) bond motifs is 5. The highest BCUT2D eigenvalue weighted by Gasteiger charge is 2.72. The number of aliphatic hydroxyl groups excluding tert-OH is 1. The highest BCUT2D eigenvalue weighted by atomic mass is 19.4. The van der Waals surface area contributed by atoms with Crippen molar-refractivity contribution in [1.29, 1.82) is 0 Å². The number of aliphatic hydroxyl groups is 1. The summed E-state index contributed by atoms with van der Waals surface area (Å²) >= 11 is 0. The average Bonchev–Trinajstić information content (AvgIpc) is 3.13. The first-order valence-electron chi connectivity index (χ1n) is 7.69. The Balaban J connectivity index is 1.78. The zero-order valence-corrected chi connectivity index (χ0v) is 13.1. The summed E-state index contributed by atoms with van der Waals surface area (Å²) in [6.45, 7) is 1.14. The number of carbonyl (C=O) groups is 2. The van der Waals surface area contributed by atoms with E-state index in [-0.39, 0.29) is 5.69 Å². The SMILES string of the molecule is C[C@@]12C=C[C@](CO)(O1)[C@H]1C(=O)N(c3cccc(C(F)(F)F)c3)C(=O)[C@@H]12. The van der Waals surface area contributed by atoms with Crippen LogP contribution in [0.25, 0.3) is 0 Å². The fourth-order valence-corrected chi connectivity index (χ4v) is 4.12. The second-order valence-corrected chi connectivity index (χ2v) is 6.75. The number of ether oxygens (including phenoxy) is 1. The topological polar surface area (TPSA) is 66.8 Å². The molecule has 0 saturated carbocycles. The van der Waals surface area contributed by atoms with E-state index in [4.69, 9.17) is 4.74 Å². The molecule has 0 aromatic heterocycles. The third kappa shape index (κ3) is 1.98. The highest BCUT2D eigenvalue weighted by molar-refractivity contribution is 6.23. The molecule has 3 aliphatic heterocycles. The first-order valence-corrected chi connectivity index (χ1v) is 7.69. The van der Waals surface area contributed by atoms with Crippen molar-refractivity contribution in [1.82, 2.24) is 0 Å². The molecular formula is C17H14F3NO4. The maximum absolute atomic E-state index is 12.9. The summed E-state index contributed by atoms with van der Waals surface area (Å²) in [5, 5.41) is 9.71. The van der Waals surface area contributed by atoms with Crippen LogP contribution in [0.1, 0.15) is 12.5 Å². The predicted molar refractivity (Wildman–Crippen MR) is 79.4 cm³/mol. The number of carbonyl (C=O) groups excluding carboxylic acids is 2. The number of amides is 2. The number of benzene rings is 1. The van der Waals surface area contributed by atoms with Crippen LogP contribution in [-0.2, 0) is 20.5 Å². The van der Waals surface area contributed by atoms with E-state index in [1.54, 1.807) is 19.1 Å². The molecule has 132 valence electrons. The van der Waals surface area contributed by atoms with Gasteiger partial charge in [-0.05, 0) is 25.1 Å². The third-order valence-corrected chi connectivity index (χ3v) is 5.24. The number of alkyl halides is 3. The van der Waals surface area contributed by atoms with Gasteiger partial charge in [0.25, 0.3) is 0 Å². The number of hydrogen-bond acceptors (Lipinski definition) is 4. The zero-order chi connectivity index (χ0) is 18.2. The van der Waals surface area contributed by atoms with Crippen LogP contribution in [0.5, 0.6) is 0 Å². The van der Waals surface area contributed by atoms with Gasteiger partial charge in [0, 0.05) is 0 Å². The largest absolute Gasteiger partial charge is 0.416 e. The Morgan fingerprint density at radius 3 is 2.52 bits per heavy atom. The van der Waals surface area contributed by atoms with Crippen LogP contribution in [0.2, 0.25) is 0 Å². The van der Waals surface area contributed by atoms with Crippen LogP contribution >= 0.6 is 0 Å². The number of anilines is 1. The van der Waals surface area contributed by atoms with Crippen molar-refractivity contribution in [2.45, 2.75) is 24.3 Å². The lowest BCUT2D eigenvalue weighted by Crippen LogP contribution is -2.43. The Morgan fingerprint density at radius 1 is 1.20 bits per heavy atom. The third-order valence-electron chi connectivity index (χ3n) is 5.24. The number of nitrogens with zero attached hydrogens (tertiary/aromatic N) is 1. The molecule has 8 heteroatoms. The number of rotatable bonds is 2. The lowest BCUT2D eigenvalue weighted by atomic mass is 9.73. The lowest BCUT2D eigenvalue weighted by Gasteiger charge is -2.27. The normalized spacial score (nSPS) is 36.4. The molecule has 0 spiro atoms. The average molecular weight is 353 g/mol. The molecule has 1 aromatic carbocycles. The van der Waals surface area contributed by atoms with Gasteiger partial charge in [0.1, 0.15) is 5.60 Å². The molecule has 0 radical (unpaired) electrons. The molecule has 0 aliphatic carbocycles. The molecule has 1 N–H and O–H groups in total. The van der Waals surface area contributed by atoms with Crippen LogP contribution in [0.3, 0.4) is 0 Å². The van der Waals surface area contributed by atoms with Gasteiger partial charge in [-0.25, -0.2) is 4.90 Å². The summed E-state index contributed by atoms with van der Waals surface area (Å²) in [7, 11) is 0. The number of hydrogen-bond donors (Lipinski definition) is 1. The second-order valence-electron chi connectivity index (χ2n) is 6.75. The quantitative estimate of drug-likeness (QED) is 0.651. The van der Waals surface area contributed by atoms with Gasteiger partial charge in [0.2, 0.25) is 11.8 Å². The summed E-state index contributed by atoms with van der Waals surface area (Å²) in [5.74, 6) is -3.09. The summed E-state index contributed by atoms with van der Waals surface area (Å²) < 4.78 is 44.6. The number of halogens is 3. The predicted octanol–water partition coefficient (Wildman–Crippen LogP) is 1.90. The van der Waals surface area contributed by atoms with Gasteiger partial charge in [-0.3, -0.25) is 9.59 Å². The van der Waals surface area contributed by atoms with Crippen molar-refractivity contribution >= 4 is 17.5 Å². The van der Waals surface area contributed by atoms with Gasteiger partial charge in [-0.15, -0.1) is 0 Å². The monoisotopic (exact) mass is 353 g/mol. The molecule has 0 unspecified atom stereocenters. The summed E-state index contributed by atoms with van der Waals surface area (Å²) in [6.07, 6.45) is -1.39. The van der Waals surface area contributed by atoms with Crippen molar-refractivity contribution in [3.63, 3.8) is 0 Å². The van der Waals surface area contributed by atoms with E-state index in [0.717, 1.165) is 23.1 Å². The Morgan fingerprint density at radius 2 is 1.88 bits per heavy atom. The Bertz CT molecular complexity index is 820. The van der Waals surface area contributed by atoms with Gasteiger partial charge in [-0.1, -0.05) is 18.2 Å². The molecule has 4 rings (SSSR count). The maximum Gasteiger partial charge on any atom is 0.416 e. The maximum atomic E-state index is 12.9. The number of imide groups is 1. The van der Waals surface area contributed by atoms with Crippen LogP contribution < -0.4 is 4.90 Å². The highest BCUT2D eigenvalue weighted by Crippen LogP contribution is 2.57. The van der Waals surface area contributed by atoms with Gasteiger partial charge >= 0.3 is 6.18 Å². The van der Waals surface area contributed by atoms with Crippen molar-refractivity contribution in [3.8, 4) is 0 Å². The van der Waals surface area contributed by atoms with Crippen molar-refractivity contribution < 1.29 is 32.6 Å². The van der Waals surface area contributed by atoms with Crippen LogP contribution in [0, 0.1) is 11.8 Å². The van der Waals surface area contributed by atoms with Crippen molar-refractivity contribution in [2.24, 2.45) is 11.8 Å². The zero-order valence-electron chi connectivity index (χ0n) is 13.1. The minimum absolute atomic E-state index is 0.129. The van der Waals surface area contributed by atoms with E-state index in [1.165, 1.54) is 6.07 Å². The lowest BCUT2D eigenvalue weighted by molar-refractivity contribution is -0.138. The van der Waals surface area contributed by atoms with E-state index >= 15 is 0 Å². The smallest absolute Gasteiger partial charge is 0.393 e. The fraction of sp³-hybridized carbons (Fsp3) is 0.412. The Kier molecular flexibility index (Phi) is 3.06. The van der Waals surface area contributed by atoms with E-state index in [2.05, 4.69) is 0 Å². The molecule has 3 aliphatic rings. The summed E-state index contributed by atoms with van der Waals surface area (Å²) in [4.78, 5) is 26.5. The first kappa shape index (κ1) is 16.3. The molecule has 4 atom stereocenters.